The fourth-order valence-corrected chi connectivity index (χ4v) is 2.23. The van der Waals surface area contributed by atoms with Crippen molar-refractivity contribution in [3.05, 3.63) is 86.8 Å². The van der Waals surface area contributed by atoms with Gasteiger partial charge in [0.05, 0.1) is 5.69 Å². The molecule has 0 radical (unpaired) electrons. The molecule has 0 spiro atoms. The topological polar surface area (TPSA) is 43.1 Å². The first-order valence-electron chi connectivity index (χ1n) is 6.72. The molecule has 0 unspecified atom stereocenters. The second-order valence-electron chi connectivity index (χ2n) is 4.66. The minimum atomic E-state index is -0.416. The van der Waals surface area contributed by atoms with Crippen molar-refractivity contribution in [3.63, 3.8) is 0 Å². The highest BCUT2D eigenvalue weighted by molar-refractivity contribution is 9.10. The van der Waals surface area contributed by atoms with E-state index in [0.717, 1.165) is 15.6 Å². The first kappa shape index (κ1) is 14.5. The zero-order valence-corrected chi connectivity index (χ0v) is 13.2. The molecule has 3 nitrogen and oxygen atoms in total. The first-order valence-corrected chi connectivity index (χ1v) is 7.51. The normalized spacial score (nSPS) is 11.0. The van der Waals surface area contributed by atoms with Crippen LogP contribution in [-0.4, -0.2) is 4.98 Å². The number of nitrogens with zero attached hydrogens (tertiary/aromatic N) is 1. The summed E-state index contributed by atoms with van der Waals surface area (Å²) in [5.74, 6) is 0.313. The maximum absolute atomic E-state index is 11.7. The van der Waals surface area contributed by atoms with Crippen molar-refractivity contribution in [2.45, 2.75) is 0 Å². The summed E-state index contributed by atoms with van der Waals surface area (Å²) in [4.78, 5) is 16.1. The summed E-state index contributed by atoms with van der Waals surface area (Å²) < 4.78 is 6.14. The van der Waals surface area contributed by atoms with Gasteiger partial charge in [-0.05, 0) is 35.9 Å². The zero-order chi connectivity index (χ0) is 15.4. The van der Waals surface area contributed by atoms with Crippen LogP contribution < -0.4 is 5.63 Å². The van der Waals surface area contributed by atoms with Crippen molar-refractivity contribution in [1.82, 2.24) is 4.98 Å². The molecule has 0 N–H and O–H groups in total. The van der Waals surface area contributed by atoms with Crippen molar-refractivity contribution in [2.24, 2.45) is 0 Å². The molecule has 0 saturated heterocycles. The highest BCUT2D eigenvalue weighted by atomic mass is 79.9. The number of benzene rings is 2. The largest absolute Gasteiger partial charge is 0.404 e. The van der Waals surface area contributed by atoms with Crippen LogP contribution in [0.2, 0.25) is 0 Å². The van der Waals surface area contributed by atoms with Crippen LogP contribution in [0.1, 0.15) is 11.3 Å². The molecule has 1 heterocycles. The number of hydrogen-bond acceptors (Lipinski definition) is 3. The van der Waals surface area contributed by atoms with Crippen molar-refractivity contribution in [1.29, 1.82) is 0 Å². The minimum Gasteiger partial charge on any atom is -0.404 e. The Balaban J connectivity index is 1.95. The fourth-order valence-electron chi connectivity index (χ4n) is 1.96. The third-order valence-corrected chi connectivity index (χ3v) is 3.56. The van der Waals surface area contributed by atoms with Crippen LogP contribution in [0.4, 0.5) is 0 Å². The predicted molar refractivity (Wildman–Crippen MR) is 91.3 cm³/mol. The van der Waals surface area contributed by atoms with E-state index in [1.165, 1.54) is 6.07 Å². The predicted octanol–water partition coefficient (Wildman–Crippen LogP) is 4.63. The number of hydrogen-bond donors (Lipinski definition) is 0. The maximum atomic E-state index is 11.7. The van der Waals surface area contributed by atoms with E-state index < -0.39 is 5.63 Å². The summed E-state index contributed by atoms with van der Waals surface area (Å²) in [6.45, 7) is 0. The van der Waals surface area contributed by atoms with Gasteiger partial charge in [0.15, 0.2) is 0 Å². The van der Waals surface area contributed by atoms with Gasteiger partial charge < -0.3 is 4.42 Å². The highest BCUT2D eigenvalue weighted by Crippen LogP contribution is 2.19. The lowest BCUT2D eigenvalue weighted by Gasteiger charge is -2.00. The van der Waals surface area contributed by atoms with Gasteiger partial charge in [-0.25, -0.2) is 9.78 Å². The quantitative estimate of drug-likeness (QED) is 0.689. The number of rotatable bonds is 3. The average Bonchev–Trinajstić information content (AvgIpc) is 2.54. The lowest BCUT2D eigenvalue weighted by Crippen LogP contribution is -2.01. The van der Waals surface area contributed by atoms with Crippen molar-refractivity contribution in [3.8, 4) is 11.5 Å². The molecule has 0 atom stereocenters. The van der Waals surface area contributed by atoms with Crippen molar-refractivity contribution in [2.75, 3.05) is 0 Å². The van der Waals surface area contributed by atoms with Crippen molar-refractivity contribution >= 4 is 28.1 Å². The zero-order valence-electron chi connectivity index (χ0n) is 11.6. The van der Waals surface area contributed by atoms with Gasteiger partial charge in [-0.3, -0.25) is 0 Å². The lowest BCUT2D eigenvalue weighted by molar-refractivity contribution is 0.506. The summed E-state index contributed by atoms with van der Waals surface area (Å²) >= 11 is 3.37. The summed E-state index contributed by atoms with van der Waals surface area (Å²) in [5.41, 5.74) is 1.96. The van der Waals surface area contributed by atoms with Gasteiger partial charge in [0.25, 0.3) is 0 Å². The Hall–Kier alpha value is -2.46. The van der Waals surface area contributed by atoms with Crippen molar-refractivity contribution < 1.29 is 4.42 Å². The van der Waals surface area contributed by atoms with E-state index in [2.05, 4.69) is 20.9 Å². The molecule has 3 aromatic rings. The Morgan fingerprint density at radius 3 is 2.41 bits per heavy atom. The number of halogens is 1. The SMILES string of the molecule is O=c1cc(C=Cc2ccccc2)nc(-c2ccc(Br)cc2)o1. The van der Waals surface area contributed by atoms with Gasteiger partial charge in [-0.15, -0.1) is 0 Å². The van der Waals surface area contributed by atoms with E-state index in [-0.39, 0.29) is 0 Å². The van der Waals surface area contributed by atoms with Crippen LogP contribution in [0.5, 0.6) is 0 Å². The van der Waals surface area contributed by atoms with Gasteiger partial charge in [0, 0.05) is 16.1 Å². The van der Waals surface area contributed by atoms with Crippen LogP contribution in [0.15, 0.2) is 74.3 Å². The number of aromatic nitrogens is 1. The monoisotopic (exact) mass is 353 g/mol. The fraction of sp³-hybridized carbons (Fsp3) is 0. The molecule has 3 rings (SSSR count). The van der Waals surface area contributed by atoms with Crippen LogP contribution in [0.25, 0.3) is 23.6 Å². The lowest BCUT2D eigenvalue weighted by atomic mass is 10.2. The smallest absolute Gasteiger partial charge is 0.339 e. The minimum absolute atomic E-state index is 0.313. The Bertz CT molecular complexity index is 852. The summed E-state index contributed by atoms with van der Waals surface area (Å²) in [5, 5.41) is 0. The van der Waals surface area contributed by atoms with E-state index in [4.69, 9.17) is 4.42 Å². The Labute approximate surface area is 136 Å². The molecule has 108 valence electrons. The molecule has 2 aromatic carbocycles. The maximum Gasteiger partial charge on any atom is 0.339 e. The molecule has 0 aliphatic heterocycles. The molecule has 0 aliphatic rings. The molecular weight excluding hydrogens is 342 g/mol. The van der Waals surface area contributed by atoms with E-state index in [9.17, 15) is 4.79 Å². The van der Waals surface area contributed by atoms with E-state index in [1.807, 2.05) is 60.7 Å². The van der Waals surface area contributed by atoms with Gasteiger partial charge in [-0.2, -0.15) is 0 Å². The third kappa shape index (κ3) is 3.59. The average molecular weight is 354 g/mol. The molecule has 0 aliphatic carbocycles. The van der Waals surface area contributed by atoms with Gasteiger partial charge in [0.1, 0.15) is 0 Å². The summed E-state index contributed by atoms with van der Waals surface area (Å²) in [6, 6.07) is 18.7. The Morgan fingerprint density at radius 2 is 1.68 bits per heavy atom. The van der Waals surface area contributed by atoms with Crippen LogP contribution in [0.3, 0.4) is 0 Å². The second kappa shape index (κ2) is 6.54. The van der Waals surface area contributed by atoms with Crippen LogP contribution in [-0.2, 0) is 0 Å². The standard InChI is InChI=1S/C18H12BrNO2/c19-15-9-7-14(8-10-15)18-20-16(12-17(21)22-18)11-6-13-4-2-1-3-5-13/h1-12H. The summed E-state index contributed by atoms with van der Waals surface area (Å²) in [7, 11) is 0. The Morgan fingerprint density at radius 1 is 0.955 bits per heavy atom. The molecular formula is C18H12BrNO2. The van der Waals surface area contributed by atoms with Crippen LogP contribution >= 0.6 is 15.9 Å². The van der Waals surface area contributed by atoms with E-state index >= 15 is 0 Å². The molecule has 0 bridgehead atoms. The molecule has 22 heavy (non-hydrogen) atoms. The van der Waals surface area contributed by atoms with Crippen LogP contribution in [0, 0.1) is 0 Å². The molecule has 0 amide bonds. The molecule has 0 saturated carbocycles. The highest BCUT2D eigenvalue weighted by Gasteiger charge is 2.05. The molecule has 4 heteroatoms. The Kier molecular flexibility index (Phi) is 4.30. The third-order valence-electron chi connectivity index (χ3n) is 3.03. The van der Waals surface area contributed by atoms with Gasteiger partial charge in [-0.1, -0.05) is 52.3 Å². The van der Waals surface area contributed by atoms with Gasteiger partial charge in [0.2, 0.25) is 5.89 Å². The van der Waals surface area contributed by atoms with Gasteiger partial charge >= 0.3 is 5.63 Å². The van der Waals surface area contributed by atoms with E-state index in [1.54, 1.807) is 6.08 Å². The molecule has 0 fully saturated rings. The second-order valence-corrected chi connectivity index (χ2v) is 5.57. The molecule has 1 aromatic heterocycles. The summed E-state index contributed by atoms with van der Waals surface area (Å²) in [6.07, 6.45) is 3.71. The first-order chi connectivity index (χ1) is 10.7. The van der Waals surface area contributed by atoms with E-state index in [0.29, 0.717) is 11.6 Å².